The summed E-state index contributed by atoms with van der Waals surface area (Å²) >= 11 is 0. The Morgan fingerprint density at radius 2 is 1.71 bits per heavy atom. The Labute approximate surface area is 185 Å². The third-order valence-corrected chi connectivity index (χ3v) is 7.60. The fourth-order valence-corrected chi connectivity index (χ4v) is 5.73. The van der Waals surface area contributed by atoms with Crippen molar-refractivity contribution in [2.75, 3.05) is 32.7 Å². The van der Waals surface area contributed by atoms with Crippen LogP contribution in [0.25, 0.3) is 0 Å². The molecule has 3 heterocycles. The topological polar surface area (TPSA) is 44.6 Å². The third-order valence-electron chi connectivity index (χ3n) is 7.60. The Morgan fingerprint density at radius 1 is 0.968 bits per heavy atom. The summed E-state index contributed by atoms with van der Waals surface area (Å²) in [5.74, 6) is 1.43. The molecule has 2 aliphatic heterocycles. The number of nitrogens with zero attached hydrogens (tertiary/aromatic N) is 5. The highest BCUT2D eigenvalue weighted by molar-refractivity contribution is 5.83. The van der Waals surface area contributed by atoms with Gasteiger partial charge in [-0.05, 0) is 24.8 Å². The van der Waals surface area contributed by atoms with E-state index in [1.54, 1.807) is 0 Å². The van der Waals surface area contributed by atoms with Crippen molar-refractivity contribution < 1.29 is 4.79 Å². The molecule has 1 aliphatic carbocycles. The van der Waals surface area contributed by atoms with E-state index in [0.29, 0.717) is 11.9 Å². The lowest BCUT2D eigenvalue weighted by Crippen LogP contribution is -2.62. The van der Waals surface area contributed by atoms with E-state index in [4.69, 9.17) is 0 Å². The van der Waals surface area contributed by atoms with Gasteiger partial charge in [-0.1, -0.05) is 49.6 Å². The summed E-state index contributed by atoms with van der Waals surface area (Å²) in [6.45, 7) is 4.49. The minimum Gasteiger partial charge on any atom is -0.339 e. The van der Waals surface area contributed by atoms with Crippen molar-refractivity contribution in [3.8, 4) is 0 Å². The smallest absolute Gasteiger partial charge is 0.240 e. The van der Waals surface area contributed by atoms with Gasteiger partial charge < -0.3 is 9.47 Å². The first-order chi connectivity index (χ1) is 15.2. The molecule has 0 N–H and O–H groups in total. The van der Waals surface area contributed by atoms with Crippen LogP contribution in [-0.2, 0) is 11.8 Å². The van der Waals surface area contributed by atoms with Crippen molar-refractivity contribution in [3.63, 3.8) is 0 Å². The standard InChI is InChI=1S/C25H35N5O/c1-27-15-13-26-24(27)23(20-8-4-2-5-9-20)28-16-18-29(19-17-28)25(31)22-12-14-30(22)21-10-6-3-7-11-21/h2,4-5,8-9,13,15,21-23H,3,6-7,10-12,14,16-19H2,1H3. The van der Waals surface area contributed by atoms with Crippen LogP contribution < -0.4 is 0 Å². The molecule has 1 saturated carbocycles. The molecule has 2 atom stereocenters. The van der Waals surface area contributed by atoms with E-state index < -0.39 is 0 Å². The fourth-order valence-electron chi connectivity index (χ4n) is 5.73. The number of benzene rings is 1. The number of aryl methyl sites for hydroxylation is 1. The van der Waals surface area contributed by atoms with Crippen LogP contribution in [0.5, 0.6) is 0 Å². The van der Waals surface area contributed by atoms with Gasteiger partial charge in [0.05, 0.1) is 12.1 Å². The maximum atomic E-state index is 13.3. The van der Waals surface area contributed by atoms with Gasteiger partial charge in [-0.25, -0.2) is 4.98 Å². The molecule has 2 saturated heterocycles. The highest BCUT2D eigenvalue weighted by atomic mass is 16.2. The van der Waals surface area contributed by atoms with Crippen LogP contribution >= 0.6 is 0 Å². The van der Waals surface area contributed by atoms with Gasteiger partial charge in [0.2, 0.25) is 5.91 Å². The van der Waals surface area contributed by atoms with Gasteiger partial charge in [0.1, 0.15) is 5.82 Å². The molecular weight excluding hydrogens is 386 g/mol. The number of amides is 1. The molecule has 0 radical (unpaired) electrons. The van der Waals surface area contributed by atoms with Gasteiger partial charge in [0, 0.05) is 58.2 Å². The first kappa shape index (κ1) is 20.7. The van der Waals surface area contributed by atoms with E-state index in [-0.39, 0.29) is 12.1 Å². The summed E-state index contributed by atoms with van der Waals surface area (Å²) < 4.78 is 2.12. The van der Waals surface area contributed by atoms with Crippen molar-refractivity contribution in [1.29, 1.82) is 0 Å². The van der Waals surface area contributed by atoms with Crippen molar-refractivity contribution in [3.05, 3.63) is 54.1 Å². The number of carbonyl (C=O) groups excluding carboxylic acids is 1. The molecule has 0 bridgehead atoms. The normalized spacial score (nSPS) is 24.7. The quantitative estimate of drug-likeness (QED) is 0.744. The minimum absolute atomic E-state index is 0.126. The average Bonchev–Trinajstić information content (AvgIpc) is 3.20. The van der Waals surface area contributed by atoms with Crippen LogP contribution in [0.2, 0.25) is 0 Å². The monoisotopic (exact) mass is 421 g/mol. The summed E-state index contributed by atoms with van der Waals surface area (Å²) in [5, 5.41) is 0. The van der Waals surface area contributed by atoms with E-state index in [2.05, 4.69) is 61.6 Å². The van der Waals surface area contributed by atoms with E-state index in [0.717, 1.165) is 45.0 Å². The number of likely N-dealkylation sites (tertiary alicyclic amines) is 1. The Balaban J connectivity index is 1.25. The van der Waals surface area contributed by atoms with E-state index in [1.807, 2.05) is 12.4 Å². The number of hydrogen-bond acceptors (Lipinski definition) is 4. The molecule has 1 aromatic carbocycles. The number of aromatic nitrogens is 2. The Bertz CT molecular complexity index is 867. The van der Waals surface area contributed by atoms with Crippen molar-refractivity contribution in [2.45, 2.75) is 56.7 Å². The zero-order valence-electron chi connectivity index (χ0n) is 18.7. The van der Waals surface area contributed by atoms with E-state index >= 15 is 0 Å². The predicted octanol–water partition coefficient (Wildman–Crippen LogP) is 3.06. The maximum absolute atomic E-state index is 13.3. The Morgan fingerprint density at radius 3 is 2.32 bits per heavy atom. The predicted molar refractivity (Wildman–Crippen MR) is 122 cm³/mol. The summed E-state index contributed by atoms with van der Waals surface area (Å²) in [6, 6.07) is 11.5. The third kappa shape index (κ3) is 4.15. The molecule has 166 valence electrons. The molecule has 6 nitrogen and oxygen atoms in total. The molecule has 1 aromatic heterocycles. The molecule has 2 aromatic rings. The van der Waals surface area contributed by atoms with Crippen LogP contribution in [0.3, 0.4) is 0 Å². The lowest BCUT2D eigenvalue weighted by molar-refractivity contribution is -0.146. The molecule has 1 amide bonds. The van der Waals surface area contributed by atoms with Gasteiger partial charge in [-0.3, -0.25) is 14.6 Å². The van der Waals surface area contributed by atoms with Gasteiger partial charge in [-0.2, -0.15) is 0 Å². The van der Waals surface area contributed by atoms with Crippen LogP contribution in [0.4, 0.5) is 0 Å². The van der Waals surface area contributed by atoms with E-state index in [1.165, 1.54) is 37.7 Å². The van der Waals surface area contributed by atoms with Gasteiger partial charge >= 0.3 is 0 Å². The molecule has 2 unspecified atom stereocenters. The zero-order valence-corrected chi connectivity index (χ0v) is 18.7. The first-order valence-corrected chi connectivity index (χ1v) is 12.0. The molecule has 5 rings (SSSR count). The molecular formula is C25H35N5O. The summed E-state index contributed by atoms with van der Waals surface area (Å²) in [5.41, 5.74) is 1.26. The minimum atomic E-state index is 0.126. The second-order valence-corrected chi connectivity index (χ2v) is 9.40. The largest absolute Gasteiger partial charge is 0.339 e. The number of rotatable bonds is 5. The Hall–Kier alpha value is -2.18. The fraction of sp³-hybridized carbons (Fsp3) is 0.600. The number of hydrogen-bond donors (Lipinski definition) is 0. The molecule has 0 spiro atoms. The van der Waals surface area contributed by atoms with Crippen LogP contribution in [-0.4, -0.2) is 75.0 Å². The summed E-state index contributed by atoms with van der Waals surface area (Å²) in [6.07, 6.45) is 11.5. The maximum Gasteiger partial charge on any atom is 0.240 e. The first-order valence-electron chi connectivity index (χ1n) is 12.0. The van der Waals surface area contributed by atoms with Crippen LogP contribution in [0.1, 0.15) is 56.0 Å². The SMILES string of the molecule is Cn1ccnc1C(c1ccccc1)N1CCN(C(=O)C2CCN2C2CCCCC2)CC1. The summed E-state index contributed by atoms with van der Waals surface area (Å²) in [4.78, 5) is 25.1. The Kier molecular flexibility index (Phi) is 6.10. The van der Waals surface area contributed by atoms with Gasteiger partial charge in [0.15, 0.2) is 0 Å². The molecule has 6 heteroatoms. The second kappa shape index (κ2) is 9.13. The highest BCUT2D eigenvalue weighted by Crippen LogP contribution is 2.32. The summed E-state index contributed by atoms with van der Waals surface area (Å²) in [7, 11) is 2.06. The van der Waals surface area contributed by atoms with Gasteiger partial charge in [0.25, 0.3) is 0 Å². The lowest BCUT2D eigenvalue weighted by Gasteiger charge is -2.49. The van der Waals surface area contributed by atoms with Gasteiger partial charge in [-0.15, -0.1) is 0 Å². The number of carbonyl (C=O) groups is 1. The highest BCUT2D eigenvalue weighted by Gasteiger charge is 2.41. The lowest BCUT2D eigenvalue weighted by atomic mass is 9.88. The number of piperazine rings is 1. The van der Waals surface area contributed by atoms with Crippen LogP contribution in [0.15, 0.2) is 42.7 Å². The number of imidazole rings is 1. The van der Waals surface area contributed by atoms with E-state index in [9.17, 15) is 4.79 Å². The molecule has 3 aliphatic rings. The van der Waals surface area contributed by atoms with Crippen molar-refractivity contribution in [2.24, 2.45) is 7.05 Å². The van der Waals surface area contributed by atoms with Crippen LogP contribution in [0, 0.1) is 0 Å². The van der Waals surface area contributed by atoms with Crippen molar-refractivity contribution >= 4 is 5.91 Å². The molecule has 31 heavy (non-hydrogen) atoms. The zero-order chi connectivity index (χ0) is 21.2. The molecule has 3 fully saturated rings. The average molecular weight is 422 g/mol. The van der Waals surface area contributed by atoms with Crippen molar-refractivity contribution in [1.82, 2.24) is 24.3 Å². The second-order valence-electron chi connectivity index (χ2n) is 9.40.